The second-order valence-electron chi connectivity index (χ2n) is 22.3. The molecule has 3 aromatic heterocycles. The third-order valence-corrected chi connectivity index (χ3v) is 15.9. The van der Waals surface area contributed by atoms with Gasteiger partial charge in [0.2, 0.25) is 0 Å². The molecule has 0 radical (unpaired) electrons. The van der Waals surface area contributed by atoms with Gasteiger partial charge in [-0.1, -0.05) is 122 Å². The maximum Gasteiger partial charge on any atom is 0.333 e. The van der Waals surface area contributed by atoms with Gasteiger partial charge in [-0.15, -0.1) is 0 Å². The third kappa shape index (κ3) is 14.5. The Morgan fingerprint density at radius 2 is 0.924 bits per heavy atom. The normalized spacial score (nSPS) is 13.0. The first kappa shape index (κ1) is 64.0. The minimum atomic E-state index is -0.389. The van der Waals surface area contributed by atoms with E-state index >= 15 is 0 Å². The molecule has 5 heterocycles. The van der Waals surface area contributed by atoms with E-state index in [4.69, 9.17) is 25.5 Å². The van der Waals surface area contributed by atoms with Gasteiger partial charge in [0.1, 0.15) is 0 Å². The molecule has 2 aliphatic heterocycles. The number of carbonyl (C=O) groups excluding carboxylic acids is 2. The van der Waals surface area contributed by atoms with Crippen molar-refractivity contribution in [2.75, 3.05) is 37.9 Å². The predicted octanol–water partition coefficient (Wildman–Crippen LogP) is 15.3. The smallest absolute Gasteiger partial charge is 0.333 e. The number of fused-ring (bicyclic) bond motifs is 8. The maximum absolute atomic E-state index is 12.7. The Kier molecular flexibility index (Phi) is 21.2. The lowest BCUT2D eigenvalue weighted by Crippen LogP contribution is -2.25. The molecule has 462 valence electrons. The van der Waals surface area contributed by atoms with Crippen molar-refractivity contribution in [1.82, 2.24) is 14.1 Å². The van der Waals surface area contributed by atoms with Crippen LogP contribution in [0.3, 0.4) is 0 Å². The van der Waals surface area contributed by atoms with Gasteiger partial charge >= 0.3 is 11.9 Å². The molecule has 1 N–H and O–H groups in total. The molecular weight excluding hydrogens is 1150 g/mol. The number of aryl methyl sites for hydroxylation is 2. The van der Waals surface area contributed by atoms with E-state index in [1.54, 1.807) is 13.8 Å². The molecule has 0 spiro atoms. The van der Waals surface area contributed by atoms with Crippen LogP contribution in [0, 0.1) is 17.9 Å². The highest BCUT2D eigenvalue weighted by atomic mass is 16.7. The molecule has 0 bridgehead atoms. The second-order valence-corrected chi connectivity index (χ2v) is 22.3. The Bertz CT molecular complexity index is 4640. The fourth-order valence-corrected chi connectivity index (χ4v) is 11.6. The van der Waals surface area contributed by atoms with Crippen LogP contribution in [0.4, 0.5) is 11.4 Å². The number of esters is 2. The average molecular weight is 1220 g/mol. The van der Waals surface area contributed by atoms with E-state index < -0.39 is 0 Å². The third-order valence-electron chi connectivity index (χ3n) is 15.9. The van der Waals surface area contributed by atoms with Gasteiger partial charge in [0.25, 0.3) is 5.70 Å². The van der Waals surface area contributed by atoms with Gasteiger partial charge in [0.15, 0.2) is 22.6 Å². The van der Waals surface area contributed by atoms with Crippen molar-refractivity contribution in [2.24, 2.45) is 0 Å². The fraction of sp³-hybridized carbons (Fsp3) is 0.208. The number of para-hydroxylation sites is 8. The summed E-state index contributed by atoms with van der Waals surface area (Å²) in [7, 11) is 0. The molecular formula is C77H70N6O9. The molecule has 13 rings (SSSR count). The van der Waals surface area contributed by atoms with Gasteiger partial charge < -0.3 is 38.0 Å². The second kappa shape index (κ2) is 30.5. The Hall–Kier alpha value is -11.0. The zero-order valence-electron chi connectivity index (χ0n) is 51.6. The topological polar surface area (TPSA) is 179 Å². The van der Waals surface area contributed by atoms with Gasteiger partial charge in [-0.05, 0) is 148 Å². The van der Waals surface area contributed by atoms with E-state index in [0.29, 0.717) is 73.2 Å². The summed E-state index contributed by atoms with van der Waals surface area (Å²) in [6.07, 6.45) is 5.44. The fourth-order valence-electron chi connectivity index (χ4n) is 11.6. The molecule has 8 aromatic carbocycles. The lowest BCUT2D eigenvalue weighted by Gasteiger charge is -2.35. The average Bonchev–Trinajstić information content (AvgIpc) is 0.794. The number of nitriles is 1. The molecule has 2 aliphatic rings. The minimum Gasteiger partial charge on any atom is -0.462 e. The van der Waals surface area contributed by atoms with Gasteiger partial charge in [0.05, 0.1) is 54.5 Å². The van der Waals surface area contributed by atoms with Crippen LogP contribution in [-0.2, 0) is 41.6 Å². The predicted molar refractivity (Wildman–Crippen MR) is 367 cm³/mol. The number of H-pyrrole nitrogens is 1. The first-order valence-electron chi connectivity index (χ1n) is 30.8. The lowest BCUT2D eigenvalue weighted by atomic mass is 9.89. The lowest BCUT2D eigenvalue weighted by molar-refractivity contribution is -0.162. The van der Waals surface area contributed by atoms with Crippen LogP contribution < -0.4 is 21.2 Å². The van der Waals surface area contributed by atoms with E-state index in [1.165, 1.54) is 6.42 Å². The van der Waals surface area contributed by atoms with Crippen LogP contribution in [0.15, 0.2) is 239 Å². The number of nitrogens with zero attached hydrogens (tertiary/aromatic N) is 5. The number of rotatable bonds is 15. The molecule has 15 nitrogen and oxygen atoms in total. The number of carbonyl (C=O) groups is 2. The molecule has 1 fully saturated rings. The quantitative estimate of drug-likeness (QED) is 0.0258. The van der Waals surface area contributed by atoms with Crippen molar-refractivity contribution >= 4 is 94.3 Å². The summed E-state index contributed by atoms with van der Waals surface area (Å²) >= 11 is 0. The molecule has 1 saturated heterocycles. The maximum atomic E-state index is 12.7. The molecule has 92 heavy (non-hydrogen) atoms. The molecule has 1 atom stereocenters. The van der Waals surface area contributed by atoms with Gasteiger partial charge in [-0.3, -0.25) is 14.4 Å². The molecule has 0 aliphatic carbocycles. The summed E-state index contributed by atoms with van der Waals surface area (Å²) in [6, 6.07) is 63.5. The molecule has 0 saturated carbocycles. The minimum absolute atomic E-state index is 0.0451. The number of anilines is 2. The summed E-state index contributed by atoms with van der Waals surface area (Å²) in [6.45, 7) is 22.0. The van der Waals surface area contributed by atoms with E-state index in [-0.39, 0.29) is 40.2 Å². The molecule has 11 aromatic rings. The largest absolute Gasteiger partial charge is 0.462 e. The standard InChI is InChI=1S/C23H19N3O2.C21H23NO3.C20H19NO3.C13H9NO/c1-16(2)23(27)28-14-8-13-26-20-11-6-4-9-17(20)22(19(15-24)25-3)18-10-5-7-12-21(18)26;23-21-16-8-1-3-10-18(16)22(19-11-4-2-9-17(19)21)13-7-15-25-20-12-5-6-14-24-20;1-14(2)20(23)24-13-7-12-21-17-10-5-3-8-15(17)19(22)16-9-4-6-11-18(16)21;15-13-9-5-1-3-7-11(9)14-12-8-4-2-6-10(12)13/h4-7,9-12H,1,8,13-14H2,2H3;1-4,8-11,20H,5-7,12-15H2;3-6,8-11H,1,7,12-13H2,2H3;1-8H,(H,14,15). The van der Waals surface area contributed by atoms with Gasteiger partial charge in [0, 0.05) is 97.7 Å². The van der Waals surface area contributed by atoms with E-state index in [9.17, 15) is 29.2 Å². The highest BCUT2D eigenvalue weighted by Gasteiger charge is 2.28. The number of aromatic amines is 1. The monoisotopic (exact) mass is 1220 g/mol. The number of aromatic nitrogens is 3. The number of hydrogen-bond donors (Lipinski definition) is 1. The number of pyridine rings is 3. The van der Waals surface area contributed by atoms with E-state index in [2.05, 4.69) is 37.0 Å². The highest BCUT2D eigenvalue weighted by molar-refractivity contribution is 6.01. The van der Waals surface area contributed by atoms with Crippen molar-refractivity contribution in [3.8, 4) is 6.07 Å². The number of nitrogens with one attached hydrogen (secondary N) is 1. The Morgan fingerprint density at radius 3 is 1.34 bits per heavy atom. The van der Waals surface area contributed by atoms with Crippen LogP contribution in [0.1, 0.15) is 63.5 Å². The molecule has 0 amide bonds. The zero-order chi connectivity index (χ0) is 64.5. The molecule has 1 unspecified atom stereocenters. The van der Waals surface area contributed by atoms with Crippen LogP contribution in [0.5, 0.6) is 0 Å². The molecule has 15 heteroatoms. The van der Waals surface area contributed by atoms with Crippen LogP contribution in [0.2, 0.25) is 0 Å². The number of ether oxygens (including phenoxy) is 4. The number of allylic oxidation sites excluding steroid dienone is 1. The zero-order valence-corrected chi connectivity index (χ0v) is 51.6. The van der Waals surface area contributed by atoms with Crippen LogP contribution >= 0.6 is 0 Å². The van der Waals surface area contributed by atoms with E-state index in [1.807, 2.05) is 200 Å². The Morgan fingerprint density at radius 1 is 0.543 bits per heavy atom. The summed E-state index contributed by atoms with van der Waals surface area (Å²) in [5.74, 6) is -0.759. The Labute approximate surface area is 532 Å². The van der Waals surface area contributed by atoms with Crippen molar-refractivity contribution < 1.29 is 28.5 Å². The van der Waals surface area contributed by atoms with Crippen molar-refractivity contribution in [3.63, 3.8) is 0 Å². The number of benzene rings is 8. The SMILES string of the molecule is C=C(C)C(=O)OCCCn1c2ccccc2c(=O)c2ccccc21.O=c1c2ccccc2[nH]c2ccccc12.O=c1c2ccccc2n(CCCOC2CCCCO2)c2ccccc12.[C-]#[N+]C(C#N)=C1c2ccccc2N(CCCOC(=O)C(=C)C)c2ccccc21. The first-order valence-corrected chi connectivity index (χ1v) is 30.8. The summed E-state index contributed by atoms with van der Waals surface area (Å²) in [4.78, 5) is 69.3. The van der Waals surface area contributed by atoms with Gasteiger partial charge in [-0.2, -0.15) is 0 Å². The number of hydrogen-bond acceptors (Lipinski definition) is 11. The highest BCUT2D eigenvalue weighted by Crippen LogP contribution is 2.46. The summed E-state index contributed by atoms with van der Waals surface area (Å²) < 4.78 is 26.2. The van der Waals surface area contributed by atoms with Crippen LogP contribution in [0.25, 0.3) is 75.8 Å². The van der Waals surface area contributed by atoms with E-state index in [0.717, 1.165) is 110 Å². The first-order chi connectivity index (χ1) is 44.9. The van der Waals surface area contributed by atoms with Crippen LogP contribution in [-0.4, -0.2) is 65.3 Å². The summed E-state index contributed by atoms with van der Waals surface area (Å²) in [5, 5.41) is 13.9. The van der Waals surface area contributed by atoms with Gasteiger partial charge in [-0.25, -0.2) is 19.7 Å². The van der Waals surface area contributed by atoms with Crippen molar-refractivity contribution in [2.45, 2.75) is 71.8 Å². The summed E-state index contributed by atoms with van der Waals surface area (Å²) in [5.41, 5.74) is 10.9. The Balaban J connectivity index is 0.000000137. The van der Waals surface area contributed by atoms with Crippen molar-refractivity contribution in [3.05, 3.63) is 277 Å². The van der Waals surface area contributed by atoms with Crippen molar-refractivity contribution in [1.29, 1.82) is 5.26 Å².